The van der Waals surface area contributed by atoms with Crippen LogP contribution >= 0.6 is 19.6 Å². The van der Waals surface area contributed by atoms with Crippen LogP contribution < -0.4 is 26.2 Å². The van der Waals surface area contributed by atoms with Crippen molar-refractivity contribution in [2.24, 2.45) is 5.92 Å². The van der Waals surface area contributed by atoms with E-state index < -0.39 is 55.8 Å². The van der Waals surface area contributed by atoms with E-state index in [4.69, 9.17) is 18.5 Å². The Labute approximate surface area is 322 Å². The largest absolute Gasteiger partial charge is 0.756 e. The van der Waals surface area contributed by atoms with E-state index in [9.17, 15) is 33.4 Å². The molecule has 4 saturated heterocycles. The van der Waals surface area contributed by atoms with Gasteiger partial charge in [0.25, 0.3) is 7.82 Å². The van der Waals surface area contributed by atoms with Gasteiger partial charge in [-0.25, -0.2) is 9.59 Å². The third-order valence-corrected chi connectivity index (χ3v) is 12.3. The zero-order valence-corrected chi connectivity index (χ0v) is 33.9. The second-order valence-electron chi connectivity index (χ2n) is 15.7. The van der Waals surface area contributed by atoms with Crippen LogP contribution in [0.5, 0.6) is 0 Å². The molecule has 0 aromatic carbocycles. The molecule has 18 heteroatoms. The number of urea groups is 2. The van der Waals surface area contributed by atoms with E-state index in [0.717, 1.165) is 57.1 Å². The first-order valence-corrected chi connectivity index (χ1v) is 21.8. The summed E-state index contributed by atoms with van der Waals surface area (Å²) in [7, 11) is -4.70. The molecule has 16 nitrogen and oxygen atoms in total. The summed E-state index contributed by atoms with van der Waals surface area (Å²) in [6.07, 6.45) is 7.82. The second-order valence-corrected chi connectivity index (χ2v) is 18.2. The van der Waals surface area contributed by atoms with Gasteiger partial charge < -0.3 is 39.4 Å². The molecule has 6 amide bonds. The van der Waals surface area contributed by atoms with Crippen LogP contribution in [0, 0.1) is 5.92 Å². The standard InChI is InChI=1S/C36H60N5O11PS/c1-23(2)51-53(47,48)52-27-19-31(50-28(27)21-49-36(3,4)5)41-20-24(33(44)40-35(41)46)16-17-30(43)37-18-12-8-6-7-9-13-25(42)14-10-11-15-29-32-26(22-54-29)38-34(45)39-32/h16-17,23-24,26-29,31-32H,6-15,18-22H2,1-5H3,(H,37,43)(H,47,48)(H2,38,39,45)(H,40,44,46)/p-1/b17-16+. The molecule has 0 spiro atoms. The van der Waals surface area contributed by atoms with Crippen molar-refractivity contribution in [1.29, 1.82) is 0 Å². The van der Waals surface area contributed by atoms with Crippen molar-refractivity contribution in [3.63, 3.8) is 0 Å². The maximum atomic E-state index is 12.8. The van der Waals surface area contributed by atoms with Crippen molar-refractivity contribution < 1.29 is 52.0 Å². The number of fused-ring (bicyclic) bond motifs is 1. The Kier molecular flexibility index (Phi) is 16.8. The fraction of sp³-hybridized carbons (Fsp3) is 0.806. The van der Waals surface area contributed by atoms with Gasteiger partial charge in [-0.2, -0.15) is 11.8 Å². The number of Topliss-reactive ketones (excluding diaryl/α,β-unsaturated/α-hetero) is 1. The van der Waals surface area contributed by atoms with Crippen LogP contribution in [0.4, 0.5) is 9.59 Å². The second kappa shape index (κ2) is 20.6. The first kappa shape index (κ1) is 44.2. The van der Waals surface area contributed by atoms with Crippen LogP contribution in [-0.2, 0) is 37.5 Å². The van der Waals surface area contributed by atoms with Gasteiger partial charge in [-0.3, -0.25) is 29.2 Å². The lowest BCUT2D eigenvalue weighted by Gasteiger charge is -2.34. The molecule has 0 saturated carbocycles. The number of phosphoric acid groups is 1. The van der Waals surface area contributed by atoms with Crippen molar-refractivity contribution in [3.8, 4) is 0 Å². The lowest BCUT2D eigenvalue weighted by Crippen LogP contribution is -2.57. The Bertz CT molecular complexity index is 1390. The molecule has 4 heterocycles. The number of hydrogen-bond donors (Lipinski definition) is 4. The molecule has 306 valence electrons. The minimum Gasteiger partial charge on any atom is -0.756 e. The van der Waals surface area contributed by atoms with E-state index >= 15 is 0 Å². The van der Waals surface area contributed by atoms with Crippen LogP contribution in [0.1, 0.15) is 105 Å². The number of thioether (sulfide) groups is 1. The van der Waals surface area contributed by atoms with E-state index in [1.165, 1.54) is 17.1 Å². The number of carbonyl (C=O) groups is 5. The number of rotatable bonds is 22. The first-order chi connectivity index (χ1) is 25.5. The van der Waals surface area contributed by atoms with Crippen LogP contribution in [0.2, 0.25) is 0 Å². The normalized spacial score (nSPS) is 28.2. The van der Waals surface area contributed by atoms with E-state index in [1.807, 2.05) is 32.5 Å². The topological polar surface area (TPSA) is 214 Å². The number of hydrogen-bond acceptors (Lipinski definition) is 12. The van der Waals surface area contributed by atoms with Crippen molar-refractivity contribution >= 4 is 49.2 Å². The molecule has 4 aliphatic rings. The molecule has 4 rings (SSSR count). The Morgan fingerprint density at radius 2 is 1.78 bits per heavy atom. The minimum atomic E-state index is -4.70. The fourth-order valence-electron chi connectivity index (χ4n) is 6.87. The van der Waals surface area contributed by atoms with E-state index in [2.05, 4.69) is 21.3 Å². The number of nitrogens with zero attached hydrogens (tertiary/aromatic N) is 1. The smallest absolute Gasteiger partial charge is 0.326 e. The zero-order chi connectivity index (χ0) is 39.5. The molecule has 4 aliphatic heterocycles. The summed E-state index contributed by atoms with van der Waals surface area (Å²) in [4.78, 5) is 75.6. The van der Waals surface area contributed by atoms with Crippen molar-refractivity contribution in [3.05, 3.63) is 12.2 Å². The van der Waals surface area contributed by atoms with Crippen molar-refractivity contribution in [2.45, 2.75) is 153 Å². The SMILES string of the molecule is CC(C)OP(=O)([O-])OC1CC(N2CC(/C=C/C(=O)NCCCCCCCC(=O)CCCCC3SCC4NC(=O)NC43)C(=O)NC2=O)OC1COC(C)(C)C. The van der Waals surface area contributed by atoms with Gasteiger partial charge in [0, 0.05) is 43.4 Å². The minimum absolute atomic E-state index is 0.00594. The molecule has 0 radical (unpaired) electrons. The van der Waals surface area contributed by atoms with Gasteiger partial charge in [0.1, 0.15) is 18.1 Å². The third kappa shape index (κ3) is 14.5. The van der Waals surface area contributed by atoms with Crippen LogP contribution in [0.25, 0.3) is 0 Å². The number of ether oxygens (including phenoxy) is 2. The number of unbranched alkanes of at least 4 members (excludes halogenated alkanes) is 5. The molecule has 8 unspecified atom stereocenters. The van der Waals surface area contributed by atoms with Crippen molar-refractivity contribution in [1.82, 2.24) is 26.2 Å². The summed E-state index contributed by atoms with van der Waals surface area (Å²) in [5.41, 5.74) is -0.550. The number of nitrogens with one attached hydrogen (secondary N) is 4. The molecule has 0 aromatic rings. The number of ketones is 1. The van der Waals surface area contributed by atoms with Gasteiger partial charge in [0.2, 0.25) is 11.8 Å². The molecular weight excluding hydrogens is 741 g/mol. The first-order valence-electron chi connectivity index (χ1n) is 19.2. The van der Waals surface area contributed by atoms with Gasteiger partial charge in [-0.1, -0.05) is 31.8 Å². The summed E-state index contributed by atoms with van der Waals surface area (Å²) >= 11 is 1.90. The van der Waals surface area contributed by atoms with Crippen LogP contribution in [0.15, 0.2) is 12.2 Å². The highest BCUT2D eigenvalue weighted by atomic mass is 32.2. The molecule has 0 aromatic heterocycles. The maximum Gasteiger partial charge on any atom is 0.326 e. The number of phosphoric ester groups is 1. The van der Waals surface area contributed by atoms with E-state index in [-0.39, 0.29) is 43.6 Å². The summed E-state index contributed by atoms with van der Waals surface area (Å²) in [5.74, 6) is -0.527. The van der Waals surface area contributed by atoms with Gasteiger partial charge in [0.05, 0.1) is 42.4 Å². The highest BCUT2D eigenvalue weighted by Crippen LogP contribution is 2.45. The van der Waals surface area contributed by atoms with Crippen LogP contribution in [0.3, 0.4) is 0 Å². The summed E-state index contributed by atoms with van der Waals surface area (Å²) in [6, 6.07) is -0.335. The molecular formula is C36H59N5O11PS-. The monoisotopic (exact) mass is 800 g/mol. The molecule has 0 bridgehead atoms. The number of amides is 6. The van der Waals surface area contributed by atoms with E-state index in [1.54, 1.807) is 13.8 Å². The van der Waals surface area contributed by atoms with E-state index in [0.29, 0.717) is 30.4 Å². The van der Waals surface area contributed by atoms with Gasteiger partial charge >= 0.3 is 12.1 Å². The predicted octanol–water partition coefficient (Wildman–Crippen LogP) is 3.67. The zero-order valence-electron chi connectivity index (χ0n) is 32.2. The molecule has 54 heavy (non-hydrogen) atoms. The Morgan fingerprint density at radius 3 is 2.50 bits per heavy atom. The number of imide groups is 1. The quantitative estimate of drug-likeness (QED) is 0.0535. The summed E-state index contributed by atoms with van der Waals surface area (Å²) in [6.45, 7) is 9.01. The average Bonchev–Trinajstić information content (AvgIpc) is 3.75. The Balaban J connectivity index is 1.10. The predicted molar refractivity (Wildman–Crippen MR) is 200 cm³/mol. The molecule has 8 atom stereocenters. The lowest BCUT2D eigenvalue weighted by molar-refractivity contribution is -0.235. The Morgan fingerprint density at radius 1 is 1.07 bits per heavy atom. The van der Waals surface area contributed by atoms with Crippen molar-refractivity contribution in [2.75, 3.05) is 25.4 Å². The fourth-order valence-corrected chi connectivity index (χ4v) is 9.53. The highest BCUT2D eigenvalue weighted by Gasteiger charge is 2.46. The third-order valence-electron chi connectivity index (χ3n) is 9.58. The molecule has 4 fully saturated rings. The summed E-state index contributed by atoms with van der Waals surface area (Å²) in [5, 5.41) is 11.5. The Hall–Kier alpha value is -2.53. The summed E-state index contributed by atoms with van der Waals surface area (Å²) < 4.78 is 34.7. The number of carbonyl (C=O) groups excluding carboxylic acids is 5. The average molecular weight is 801 g/mol. The molecule has 0 aliphatic carbocycles. The van der Waals surface area contributed by atoms with Gasteiger partial charge in [-0.05, 0) is 66.4 Å². The van der Waals surface area contributed by atoms with Gasteiger partial charge in [-0.15, -0.1) is 0 Å². The van der Waals surface area contributed by atoms with Gasteiger partial charge in [0.15, 0.2) is 0 Å². The lowest BCUT2D eigenvalue weighted by atomic mass is 10.0. The highest BCUT2D eigenvalue weighted by molar-refractivity contribution is 8.00. The maximum absolute atomic E-state index is 12.8. The van der Waals surface area contributed by atoms with Crippen LogP contribution in [-0.4, -0.2) is 107 Å². The molecule has 4 N–H and O–H groups in total.